The monoisotopic (exact) mass is 1190 g/mol. The third kappa shape index (κ3) is 14.6. The maximum atomic E-state index is 15.4. The topological polar surface area (TPSA) is 197 Å². The van der Waals surface area contributed by atoms with Crippen LogP contribution in [-0.4, -0.2) is 178 Å². The summed E-state index contributed by atoms with van der Waals surface area (Å²) >= 11 is 0. The zero-order valence-electron chi connectivity index (χ0n) is 49.3. The van der Waals surface area contributed by atoms with Crippen molar-refractivity contribution in [1.82, 2.24) is 53.9 Å². The van der Waals surface area contributed by atoms with Gasteiger partial charge in [-0.15, -0.1) is 0 Å². The molecule has 2 aromatic heterocycles. The van der Waals surface area contributed by atoms with Gasteiger partial charge in [-0.25, -0.2) is 23.5 Å². The van der Waals surface area contributed by atoms with Crippen LogP contribution in [0.1, 0.15) is 105 Å². The van der Waals surface area contributed by atoms with Crippen molar-refractivity contribution < 1.29 is 29.0 Å². The number of nitrogens with one attached hydrogen (secondary N) is 1. The van der Waals surface area contributed by atoms with Crippen LogP contribution in [0, 0.1) is 23.6 Å². The second kappa shape index (κ2) is 26.4. The number of H-pyrrole nitrogens is 1. The van der Waals surface area contributed by atoms with Crippen LogP contribution in [0.5, 0.6) is 11.5 Å². The lowest BCUT2D eigenvalue weighted by Gasteiger charge is -2.37. The van der Waals surface area contributed by atoms with Crippen LogP contribution in [-0.2, 0) is 29.2 Å². The van der Waals surface area contributed by atoms with Crippen LogP contribution in [0.25, 0.3) is 27.8 Å². The summed E-state index contributed by atoms with van der Waals surface area (Å²) in [6, 6.07) is 22.6. The maximum absolute atomic E-state index is 15.4. The zero-order chi connectivity index (χ0) is 59.4. The molecule has 10 rings (SSSR count). The Balaban J connectivity index is 0.669. The van der Waals surface area contributed by atoms with E-state index in [1.165, 1.54) is 21.4 Å². The van der Waals surface area contributed by atoms with Crippen molar-refractivity contribution in [2.75, 3.05) is 91.8 Å². The fourth-order valence-electron chi connectivity index (χ4n) is 11.7. The van der Waals surface area contributed by atoms with E-state index in [0.717, 1.165) is 82.7 Å². The van der Waals surface area contributed by atoms with Gasteiger partial charge in [0, 0.05) is 113 Å². The van der Waals surface area contributed by atoms with Gasteiger partial charge in [0.15, 0.2) is 5.82 Å². The Hall–Kier alpha value is -6.52. The van der Waals surface area contributed by atoms with Crippen LogP contribution in [0.4, 0.5) is 4.39 Å². The number of phenols is 2. The second-order valence-electron chi connectivity index (χ2n) is 24.6. The van der Waals surface area contributed by atoms with Crippen molar-refractivity contribution in [3.63, 3.8) is 0 Å². The standard InChI is InChI=1S/C63H80FN11O7S2/c1-41(2)50-36-52(56(77)37-55(50)76)58-65-66-62(82)75(58)47-16-11-42(12-17-47)38-70-24-22-69(23-25-70)20-19-63(3,4)84-83-39-45-31-44(32-45)35-57(78)73(26-21-68(5)6)40-74-61(81)49-10-8-7-9-48(49)54(67-74)34-43-13-18-53(64)51(33-43)60(80)72-29-27-71(28-30-72)59(79)46-14-15-46/h7-13,16-18,33,36-37,41,44-46,76-77H,14-15,19-32,34-35,38-40H2,1-6H3,(H,66,82). The van der Waals surface area contributed by atoms with E-state index in [0.29, 0.717) is 90.5 Å². The predicted octanol–water partition coefficient (Wildman–Crippen LogP) is 8.03. The lowest BCUT2D eigenvalue weighted by molar-refractivity contribution is -0.135. The molecular formula is C63H80FN11O7S2. The lowest BCUT2D eigenvalue weighted by Crippen LogP contribution is -2.51. The van der Waals surface area contributed by atoms with Gasteiger partial charge in [0.1, 0.15) is 24.0 Å². The SMILES string of the molecule is CC(C)c1cc(-c2n[nH]c(=O)n2-c2ccc(CN3CCN(CCC(C)(C)SSCC4CC(CC(=O)N(CCN(C)C)Cn5nc(Cc6ccc(F)c(C(=O)N7CCN(C(=O)C8CC8)CC7)c6)c6ccccc6c5=O)C4)CC3)cc2)c(O)cc1O. The summed E-state index contributed by atoms with van der Waals surface area (Å²) in [5, 5.41) is 33.9. The first-order chi connectivity index (χ1) is 40.3. The van der Waals surface area contributed by atoms with Crippen molar-refractivity contribution in [3.05, 3.63) is 133 Å². The molecule has 4 aromatic carbocycles. The summed E-state index contributed by atoms with van der Waals surface area (Å²) in [7, 11) is 7.82. The van der Waals surface area contributed by atoms with Gasteiger partial charge >= 0.3 is 5.69 Å². The molecule has 0 unspecified atom stereocenters. The number of piperazine rings is 2. The first kappa shape index (κ1) is 60.6. The summed E-state index contributed by atoms with van der Waals surface area (Å²) in [6.07, 6.45) is 5.52. The fourth-order valence-corrected chi connectivity index (χ4v) is 14.7. The molecule has 6 aromatic rings. The van der Waals surface area contributed by atoms with Gasteiger partial charge in [0.25, 0.3) is 11.5 Å². The van der Waals surface area contributed by atoms with E-state index in [1.54, 1.807) is 34.1 Å². The lowest BCUT2D eigenvalue weighted by atomic mass is 9.74. The van der Waals surface area contributed by atoms with Crippen molar-refractivity contribution >= 4 is 50.1 Å². The molecule has 18 nitrogen and oxygen atoms in total. The number of amides is 3. The van der Waals surface area contributed by atoms with Crippen LogP contribution in [0.15, 0.2) is 88.5 Å². The number of aromatic hydroxyl groups is 2. The average molecular weight is 1190 g/mol. The highest BCUT2D eigenvalue weighted by Crippen LogP contribution is 2.45. The molecule has 0 atom stereocenters. The summed E-state index contributed by atoms with van der Waals surface area (Å²) < 4.78 is 18.3. The summed E-state index contributed by atoms with van der Waals surface area (Å²) in [4.78, 5) is 79.8. The molecule has 0 bridgehead atoms. The van der Waals surface area contributed by atoms with Crippen molar-refractivity contribution in [2.24, 2.45) is 17.8 Å². The first-order valence-electron chi connectivity index (χ1n) is 29.6. The largest absolute Gasteiger partial charge is 0.508 e. The highest BCUT2D eigenvalue weighted by Gasteiger charge is 2.36. The van der Waals surface area contributed by atoms with Gasteiger partial charge in [0.2, 0.25) is 11.8 Å². The number of halogens is 1. The van der Waals surface area contributed by atoms with E-state index >= 15 is 4.39 Å². The van der Waals surface area contributed by atoms with E-state index in [1.807, 2.05) is 102 Å². The molecule has 3 N–H and O–H groups in total. The van der Waals surface area contributed by atoms with E-state index in [2.05, 4.69) is 33.8 Å². The predicted molar refractivity (Wildman–Crippen MR) is 329 cm³/mol. The van der Waals surface area contributed by atoms with Crippen LogP contribution < -0.4 is 11.2 Å². The van der Waals surface area contributed by atoms with Crippen molar-refractivity contribution in [1.29, 1.82) is 0 Å². The van der Waals surface area contributed by atoms with Crippen LogP contribution in [0.2, 0.25) is 0 Å². The van der Waals surface area contributed by atoms with Gasteiger partial charge in [-0.3, -0.25) is 24.1 Å². The van der Waals surface area contributed by atoms with Crippen LogP contribution in [0.3, 0.4) is 0 Å². The number of carbonyl (C=O) groups is 3. The Kier molecular flexibility index (Phi) is 19.0. The molecule has 4 fully saturated rings. The Labute approximate surface area is 498 Å². The summed E-state index contributed by atoms with van der Waals surface area (Å²) in [5.41, 5.74) is 3.27. The minimum Gasteiger partial charge on any atom is -0.508 e. The molecule has 4 aliphatic rings. The molecule has 84 heavy (non-hydrogen) atoms. The number of hydrogen-bond donors (Lipinski definition) is 3. The van der Waals surface area contributed by atoms with Crippen molar-refractivity contribution in [2.45, 2.75) is 96.5 Å². The molecule has 0 spiro atoms. The minimum atomic E-state index is -0.618. The second-order valence-corrected chi connectivity index (χ2v) is 27.7. The Bertz CT molecular complexity index is 3450. The molecule has 448 valence electrons. The smallest absolute Gasteiger partial charge is 0.348 e. The average Bonchev–Trinajstić information content (AvgIpc) is 2.48. The quantitative estimate of drug-likeness (QED) is 0.0522. The molecule has 4 heterocycles. The number of carbonyl (C=O) groups excluding carboxylic acids is 3. The summed E-state index contributed by atoms with van der Waals surface area (Å²) in [5.74, 6) is 1.17. The van der Waals surface area contributed by atoms with E-state index in [4.69, 9.17) is 5.10 Å². The zero-order valence-corrected chi connectivity index (χ0v) is 50.9. The summed E-state index contributed by atoms with van der Waals surface area (Å²) in [6.45, 7) is 16.9. The van der Waals surface area contributed by atoms with Gasteiger partial charge in [-0.05, 0) is 137 Å². The van der Waals surface area contributed by atoms with Gasteiger partial charge < -0.3 is 34.7 Å². The van der Waals surface area contributed by atoms with Gasteiger partial charge in [-0.2, -0.15) is 10.2 Å². The third-order valence-corrected chi connectivity index (χ3v) is 20.5. The number of benzene rings is 4. The normalized spacial score (nSPS) is 18.0. The highest BCUT2D eigenvalue weighted by atomic mass is 33.1. The maximum Gasteiger partial charge on any atom is 0.348 e. The molecule has 2 aliphatic heterocycles. The van der Waals surface area contributed by atoms with E-state index in [9.17, 15) is 34.2 Å². The number of likely N-dealkylation sites (N-methyl/N-ethyl adjacent to an activating group) is 1. The number of phenolic OH excluding ortho intramolecular Hbond substituents is 2. The fraction of sp³-hybridized carbons (Fsp3) is 0.508. The first-order valence-corrected chi connectivity index (χ1v) is 32.0. The van der Waals surface area contributed by atoms with Gasteiger partial charge in [0.05, 0.1) is 27.9 Å². The van der Waals surface area contributed by atoms with E-state index in [-0.39, 0.29) is 75.9 Å². The molecular weight excluding hydrogens is 1110 g/mol. The molecule has 21 heteroatoms. The molecule has 0 radical (unpaired) electrons. The minimum absolute atomic E-state index is 0.00125. The number of fused-ring (bicyclic) bond motifs is 1. The molecule has 3 amide bonds. The number of rotatable bonds is 23. The molecule has 2 saturated carbocycles. The molecule has 2 aliphatic carbocycles. The van der Waals surface area contributed by atoms with Crippen LogP contribution >= 0.6 is 21.6 Å². The number of aromatic amines is 1. The number of aromatic nitrogens is 5. The van der Waals surface area contributed by atoms with Crippen molar-refractivity contribution in [3.8, 4) is 28.6 Å². The Morgan fingerprint density at radius 1 is 0.810 bits per heavy atom. The third-order valence-electron chi connectivity index (χ3n) is 17.0. The Morgan fingerprint density at radius 2 is 1.49 bits per heavy atom. The highest BCUT2D eigenvalue weighted by molar-refractivity contribution is 8.77. The number of nitrogens with zero attached hydrogens (tertiary/aromatic N) is 10. The number of hydrogen-bond acceptors (Lipinski definition) is 14. The Morgan fingerprint density at radius 3 is 2.18 bits per heavy atom. The molecule has 2 saturated heterocycles. The van der Waals surface area contributed by atoms with E-state index < -0.39 is 17.4 Å². The van der Waals surface area contributed by atoms with Gasteiger partial charge in [-0.1, -0.05) is 71.8 Å².